The smallest absolute Gasteiger partial charge is 0.0526 e. The highest BCUT2D eigenvalue weighted by Gasteiger charge is 1.98. The zero-order valence-corrected chi connectivity index (χ0v) is 10.9. The van der Waals surface area contributed by atoms with Gasteiger partial charge in [-0.2, -0.15) is 0 Å². The van der Waals surface area contributed by atoms with Crippen molar-refractivity contribution in [1.29, 1.82) is 0 Å². The summed E-state index contributed by atoms with van der Waals surface area (Å²) in [6.07, 6.45) is 1.84. The number of nitrogens with zero attached hydrogens (tertiary/aromatic N) is 1. The van der Waals surface area contributed by atoms with Gasteiger partial charge in [0.15, 0.2) is 0 Å². The number of thioether (sulfide) groups is 1. The fourth-order valence-corrected chi connectivity index (χ4v) is 2.31. The maximum atomic E-state index is 4.36. The lowest BCUT2D eigenvalue weighted by atomic mass is 10.2. The first-order chi connectivity index (χ1) is 8.28. The van der Waals surface area contributed by atoms with Gasteiger partial charge in [-0.25, -0.2) is 0 Å². The van der Waals surface area contributed by atoms with Crippen LogP contribution in [0.4, 0.5) is 5.69 Å². The van der Waals surface area contributed by atoms with E-state index in [0.29, 0.717) is 0 Å². The molecule has 0 saturated carbocycles. The fourth-order valence-electron chi connectivity index (χ4n) is 1.50. The minimum Gasteiger partial charge on any atom is -0.388 e. The number of anilines is 1. The molecule has 1 aromatic heterocycles. The highest BCUT2D eigenvalue weighted by atomic mass is 32.2. The average Bonchev–Trinajstić information content (AvgIpc) is 2.38. The number of aryl methyl sites for hydroxylation is 1. The van der Waals surface area contributed by atoms with E-state index in [1.54, 1.807) is 0 Å². The van der Waals surface area contributed by atoms with Gasteiger partial charge < -0.3 is 5.32 Å². The molecule has 0 radical (unpaired) electrons. The van der Waals surface area contributed by atoms with E-state index in [2.05, 4.69) is 47.6 Å². The standard InChI is InChI=1S/C14H16N2S/c1-11-3-5-14(6-4-11)17-10-13-9-12(15-2)7-8-16-13/h3-9H,10H2,1-2H3,(H,15,16). The van der Waals surface area contributed by atoms with Gasteiger partial charge in [0, 0.05) is 29.6 Å². The monoisotopic (exact) mass is 244 g/mol. The Bertz CT molecular complexity index is 480. The van der Waals surface area contributed by atoms with Crippen LogP contribution in [0.5, 0.6) is 0 Å². The zero-order valence-electron chi connectivity index (χ0n) is 10.1. The molecule has 0 fully saturated rings. The van der Waals surface area contributed by atoms with Crippen molar-refractivity contribution >= 4 is 17.4 Å². The van der Waals surface area contributed by atoms with E-state index in [4.69, 9.17) is 0 Å². The molecule has 0 bridgehead atoms. The molecule has 2 nitrogen and oxygen atoms in total. The Balaban J connectivity index is 1.99. The summed E-state index contributed by atoms with van der Waals surface area (Å²) in [5, 5.41) is 3.12. The van der Waals surface area contributed by atoms with Crippen molar-refractivity contribution in [2.75, 3.05) is 12.4 Å². The van der Waals surface area contributed by atoms with Crippen molar-refractivity contribution in [2.24, 2.45) is 0 Å². The number of benzene rings is 1. The summed E-state index contributed by atoms with van der Waals surface area (Å²) in [7, 11) is 1.92. The number of rotatable bonds is 4. The first-order valence-corrected chi connectivity index (χ1v) is 6.58. The van der Waals surface area contributed by atoms with Gasteiger partial charge in [-0.3, -0.25) is 4.98 Å². The number of pyridine rings is 1. The van der Waals surface area contributed by atoms with Crippen LogP contribution < -0.4 is 5.32 Å². The summed E-state index contributed by atoms with van der Waals surface area (Å²) in [6, 6.07) is 12.6. The highest BCUT2D eigenvalue weighted by Crippen LogP contribution is 2.22. The normalized spacial score (nSPS) is 10.2. The molecule has 3 heteroatoms. The molecule has 2 aromatic rings. The molecule has 1 N–H and O–H groups in total. The second-order valence-electron chi connectivity index (χ2n) is 3.89. The summed E-state index contributed by atoms with van der Waals surface area (Å²) in [4.78, 5) is 5.64. The van der Waals surface area contributed by atoms with Crippen LogP contribution in [0.25, 0.3) is 0 Å². The van der Waals surface area contributed by atoms with Gasteiger partial charge in [0.05, 0.1) is 5.69 Å². The molecule has 1 aromatic carbocycles. The molecule has 0 saturated heterocycles. The molecule has 0 amide bonds. The van der Waals surface area contributed by atoms with E-state index in [1.807, 2.05) is 31.1 Å². The van der Waals surface area contributed by atoms with Crippen molar-refractivity contribution in [3.8, 4) is 0 Å². The Morgan fingerprint density at radius 1 is 1.18 bits per heavy atom. The lowest BCUT2D eigenvalue weighted by Crippen LogP contribution is -1.92. The molecule has 0 unspecified atom stereocenters. The van der Waals surface area contributed by atoms with Crippen molar-refractivity contribution in [2.45, 2.75) is 17.6 Å². The maximum Gasteiger partial charge on any atom is 0.0526 e. The Morgan fingerprint density at radius 2 is 1.94 bits per heavy atom. The molecule has 88 valence electrons. The van der Waals surface area contributed by atoms with Crippen molar-refractivity contribution < 1.29 is 0 Å². The van der Waals surface area contributed by atoms with Crippen LogP contribution in [0.15, 0.2) is 47.5 Å². The van der Waals surface area contributed by atoms with E-state index in [1.165, 1.54) is 10.5 Å². The average molecular weight is 244 g/mol. The van der Waals surface area contributed by atoms with E-state index in [-0.39, 0.29) is 0 Å². The summed E-state index contributed by atoms with van der Waals surface area (Å²) >= 11 is 1.81. The summed E-state index contributed by atoms with van der Waals surface area (Å²) in [6.45, 7) is 2.10. The topological polar surface area (TPSA) is 24.9 Å². The SMILES string of the molecule is CNc1ccnc(CSc2ccc(C)cc2)c1. The Morgan fingerprint density at radius 3 is 2.65 bits per heavy atom. The maximum absolute atomic E-state index is 4.36. The molecular weight excluding hydrogens is 228 g/mol. The van der Waals surface area contributed by atoms with Gasteiger partial charge in [0.2, 0.25) is 0 Å². The van der Waals surface area contributed by atoms with E-state index in [0.717, 1.165) is 17.1 Å². The molecule has 1 heterocycles. The van der Waals surface area contributed by atoms with Gasteiger partial charge in [-0.1, -0.05) is 17.7 Å². The van der Waals surface area contributed by atoms with Crippen LogP contribution in [0, 0.1) is 6.92 Å². The largest absolute Gasteiger partial charge is 0.388 e. The second kappa shape index (κ2) is 5.73. The minimum atomic E-state index is 0.901. The summed E-state index contributed by atoms with van der Waals surface area (Å²) < 4.78 is 0. The molecular formula is C14H16N2S. The van der Waals surface area contributed by atoms with Crippen molar-refractivity contribution in [1.82, 2.24) is 4.98 Å². The van der Waals surface area contributed by atoms with Crippen LogP contribution in [0.3, 0.4) is 0 Å². The third kappa shape index (κ3) is 3.49. The van der Waals surface area contributed by atoms with E-state index >= 15 is 0 Å². The minimum absolute atomic E-state index is 0.901. The molecule has 0 spiro atoms. The third-order valence-corrected chi connectivity index (χ3v) is 3.56. The van der Waals surface area contributed by atoms with Gasteiger partial charge in [0.25, 0.3) is 0 Å². The van der Waals surface area contributed by atoms with Gasteiger partial charge >= 0.3 is 0 Å². The van der Waals surface area contributed by atoms with Crippen LogP contribution >= 0.6 is 11.8 Å². The van der Waals surface area contributed by atoms with Crippen molar-refractivity contribution in [3.63, 3.8) is 0 Å². The third-order valence-electron chi connectivity index (χ3n) is 2.51. The Labute approximate surface area is 106 Å². The second-order valence-corrected chi connectivity index (χ2v) is 4.94. The lowest BCUT2D eigenvalue weighted by molar-refractivity contribution is 1.17. The quantitative estimate of drug-likeness (QED) is 0.830. The first kappa shape index (κ1) is 12.0. The van der Waals surface area contributed by atoms with Crippen LogP contribution in [0.1, 0.15) is 11.3 Å². The van der Waals surface area contributed by atoms with Crippen LogP contribution in [-0.4, -0.2) is 12.0 Å². The Kier molecular flexibility index (Phi) is 4.04. The molecule has 0 aliphatic heterocycles. The number of hydrogen-bond acceptors (Lipinski definition) is 3. The first-order valence-electron chi connectivity index (χ1n) is 5.60. The lowest BCUT2D eigenvalue weighted by Gasteiger charge is -2.04. The number of hydrogen-bond donors (Lipinski definition) is 1. The van der Waals surface area contributed by atoms with E-state index < -0.39 is 0 Å². The highest BCUT2D eigenvalue weighted by molar-refractivity contribution is 7.98. The van der Waals surface area contributed by atoms with Crippen molar-refractivity contribution in [3.05, 3.63) is 53.9 Å². The molecule has 17 heavy (non-hydrogen) atoms. The molecule has 0 atom stereocenters. The van der Waals surface area contributed by atoms with Crippen LogP contribution in [-0.2, 0) is 5.75 Å². The van der Waals surface area contributed by atoms with Gasteiger partial charge in [-0.15, -0.1) is 11.8 Å². The van der Waals surface area contributed by atoms with Gasteiger partial charge in [-0.05, 0) is 31.2 Å². The fraction of sp³-hybridized carbons (Fsp3) is 0.214. The number of nitrogens with one attached hydrogen (secondary N) is 1. The summed E-state index contributed by atoms with van der Waals surface area (Å²) in [5.74, 6) is 0.901. The molecule has 2 rings (SSSR count). The Hall–Kier alpha value is -1.48. The van der Waals surface area contributed by atoms with E-state index in [9.17, 15) is 0 Å². The predicted octanol–water partition coefficient (Wildman–Crippen LogP) is 3.72. The number of aromatic nitrogens is 1. The summed E-state index contributed by atoms with van der Waals surface area (Å²) in [5.41, 5.74) is 3.51. The molecule has 0 aliphatic rings. The zero-order chi connectivity index (χ0) is 12.1. The predicted molar refractivity (Wildman–Crippen MR) is 74.5 cm³/mol. The van der Waals surface area contributed by atoms with Gasteiger partial charge in [0.1, 0.15) is 0 Å². The van der Waals surface area contributed by atoms with Crippen LogP contribution in [0.2, 0.25) is 0 Å². The molecule has 0 aliphatic carbocycles.